The van der Waals surface area contributed by atoms with Gasteiger partial charge in [0.05, 0.1) is 53.9 Å². The number of ketones is 3. The van der Waals surface area contributed by atoms with E-state index >= 15 is 0 Å². The molecule has 0 radical (unpaired) electrons. The number of Topliss-reactive ketones (excluding diaryl/α,β-unsaturated/α-hetero) is 3. The summed E-state index contributed by atoms with van der Waals surface area (Å²) in [6, 6.07) is 0. The molecule has 65 heavy (non-hydrogen) atoms. The molecule has 7 fully saturated rings. The Morgan fingerprint density at radius 2 is 0.969 bits per heavy atom. The van der Waals surface area contributed by atoms with E-state index in [-0.39, 0.29) is 106 Å². The van der Waals surface area contributed by atoms with E-state index in [9.17, 15) is 24.6 Å². The van der Waals surface area contributed by atoms with E-state index in [0.717, 1.165) is 52.2 Å². The van der Waals surface area contributed by atoms with Crippen molar-refractivity contribution in [3.63, 3.8) is 0 Å². The molecule has 0 aromatic rings. The Hall–Kier alpha value is -0.988. The summed E-state index contributed by atoms with van der Waals surface area (Å²) in [5, 5.41) is 28.4. The van der Waals surface area contributed by atoms with Crippen molar-refractivity contribution in [1.82, 2.24) is 0 Å². The second kappa shape index (κ2) is 24.2. The number of epoxide rings is 4. The molecule has 0 bridgehead atoms. The number of methoxy groups -OCH3 is 3. The minimum absolute atomic E-state index is 0. The third kappa shape index (κ3) is 13.9. The molecule has 13 nitrogen and oxygen atoms in total. The molecule has 0 amide bonds. The van der Waals surface area contributed by atoms with Crippen molar-refractivity contribution in [3.8, 4) is 0 Å². The number of allylic oxidation sites excluding steroid dienone is 1. The van der Waals surface area contributed by atoms with Crippen molar-refractivity contribution in [1.29, 1.82) is 0 Å². The summed E-state index contributed by atoms with van der Waals surface area (Å²) in [5.74, 6) is 1.10. The molecule has 2 unspecified atom stereocenters. The van der Waals surface area contributed by atoms with Crippen LogP contribution in [0.3, 0.4) is 0 Å². The van der Waals surface area contributed by atoms with Crippen LogP contribution < -0.4 is 0 Å². The fourth-order valence-electron chi connectivity index (χ4n) is 11.3. The van der Waals surface area contributed by atoms with Crippen LogP contribution in [0.5, 0.6) is 0 Å². The first-order valence-electron chi connectivity index (χ1n) is 23.2. The first kappa shape index (κ1) is 62.0. The maximum Gasteiger partial charge on any atom is 0.162 e. The molecule has 0 aromatic carbocycles. The Morgan fingerprint density at radius 1 is 0.646 bits per heavy atom. The van der Waals surface area contributed by atoms with Crippen LogP contribution in [0.25, 0.3) is 0 Å². The normalized spacial score (nSPS) is 42.0. The van der Waals surface area contributed by atoms with E-state index in [2.05, 4.69) is 54.5 Å². The number of aliphatic hydroxyl groups excluding tert-OH is 1. The first-order valence-corrected chi connectivity index (χ1v) is 23.2. The number of rotatable bonds is 14. The van der Waals surface area contributed by atoms with Gasteiger partial charge in [0.1, 0.15) is 40.7 Å². The number of hydrogen-bond donors (Lipinski definition) is 3. The van der Waals surface area contributed by atoms with Crippen LogP contribution in [0.1, 0.15) is 154 Å². The zero-order chi connectivity index (χ0) is 46.8. The number of hydrogen-bond acceptors (Lipinski definition) is 13. The van der Waals surface area contributed by atoms with Gasteiger partial charge in [0.25, 0.3) is 0 Å². The van der Waals surface area contributed by atoms with E-state index in [4.69, 9.17) is 38.3 Å². The molecule has 14 heteroatoms. The molecule has 1 spiro atoms. The molecular weight excluding hydrogens is 927 g/mol. The first-order chi connectivity index (χ1) is 28.9. The van der Waals surface area contributed by atoms with Crippen LogP contribution in [0.4, 0.5) is 0 Å². The third-order valence-electron chi connectivity index (χ3n) is 15.1. The van der Waals surface area contributed by atoms with Crippen LogP contribution in [-0.2, 0) is 68.0 Å². The fourth-order valence-corrected chi connectivity index (χ4v) is 11.3. The maximum absolute atomic E-state index is 12.2. The maximum atomic E-state index is 12.2. The minimum atomic E-state index is -0.907. The molecular formula is C51H91O13Pd-. The van der Waals surface area contributed by atoms with Crippen LogP contribution in [0.15, 0.2) is 11.6 Å². The number of carbonyl (C=O) groups is 3. The van der Waals surface area contributed by atoms with Gasteiger partial charge < -0.3 is 55.9 Å². The summed E-state index contributed by atoms with van der Waals surface area (Å²) in [4.78, 5) is 36.3. The summed E-state index contributed by atoms with van der Waals surface area (Å²) in [6.45, 7) is 23.4. The van der Waals surface area contributed by atoms with E-state index in [0.29, 0.717) is 43.9 Å². The van der Waals surface area contributed by atoms with Gasteiger partial charge in [0.15, 0.2) is 17.3 Å². The van der Waals surface area contributed by atoms with Crippen molar-refractivity contribution >= 4 is 17.3 Å². The molecule has 3 aliphatic carbocycles. The van der Waals surface area contributed by atoms with Crippen LogP contribution in [0.2, 0.25) is 0 Å². The fraction of sp³-hybridized carbons (Fsp3) is 0.882. The van der Waals surface area contributed by atoms with E-state index in [1.807, 2.05) is 27.7 Å². The summed E-state index contributed by atoms with van der Waals surface area (Å²) in [7, 11) is 5.71. The van der Waals surface area contributed by atoms with Gasteiger partial charge in [-0.05, 0) is 112 Å². The minimum Gasteiger partial charge on any atom is -0.400 e. The molecule has 7 aliphatic rings. The third-order valence-corrected chi connectivity index (χ3v) is 15.1. The van der Waals surface area contributed by atoms with Gasteiger partial charge in [0.2, 0.25) is 0 Å². The van der Waals surface area contributed by atoms with Gasteiger partial charge in [-0.25, -0.2) is 0 Å². The predicted molar refractivity (Wildman–Crippen MR) is 249 cm³/mol. The summed E-state index contributed by atoms with van der Waals surface area (Å²) >= 11 is 0. The molecule has 7 rings (SSSR count). The molecule has 3 saturated carbocycles. The Bertz CT molecular complexity index is 1500. The smallest absolute Gasteiger partial charge is 0.162 e. The monoisotopic (exact) mass is 1020 g/mol. The molecule has 15 atom stereocenters. The van der Waals surface area contributed by atoms with Crippen LogP contribution in [-0.4, -0.2) is 138 Å². The topological polar surface area (TPSA) is 190 Å². The molecule has 384 valence electrons. The quantitative estimate of drug-likeness (QED) is 0.0668. The predicted octanol–water partition coefficient (Wildman–Crippen LogP) is 7.61. The molecule has 4 saturated heterocycles. The Balaban J connectivity index is 0.000000467. The van der Waals surface area contributed by atoms with Crippen molar-refractivity contribution in [2.45, 2.75) is 224 Å². The summed E-state index contributed by atoms with van der Waals surface area (Å²) < 4.78 is 39.9. The van der Waals surface area contributed by atoms with Crippen molar-refractivity contribution in [2.24, 2.45) is 29.6 Å². The Kier molecular flexibility index (Phi) is 23.1. The molecule has 4 aliphatic heterocycles. The number of ether oxygens (including phenoxy) is 7. The van der Waals surface area contributed by atoms with E-state index in [1.54, 1.807) is 21.3 Å². The van der Waals surface area contributed by atoms with Crippen molar-refractivity contribution < 1.29 is 83.3 Å². The SMILES string of the molecule is C.CO.CO[C@@H]1C(=O)CC[C@@](C)(O)C1[C@@]1(C)O[C@@H]1CCC(C)C.CO[C@@H]1C(=O)CC[C@@](C)(O)[C@H]1[C@@]1(C)O[C@@H]1CCC(C)C.CO[C@@H]1C(=O)CC[C@]2(CO2)C1[C@@]1(C)O[C@@H]1CC=C(C)C.[CH3-].[Pd]. The average molecular weight is 1020 g/mol. The second-order valence-corrected chi connectivity index (χ2v) is 21.2. The Labute approximate surface area is 407 Å². The molecule has 0 aromatic heterocycles. The second-order valence-electron chi connectivity index (χ2n) is 21.2. The Morgan fingerprint density at radius 3 is 1.29 bits per heavy atom. The van der Waals surface area contributed by atoms with Crippen molar-refractivity contribution in [3.05, 3.63) is 19.1 Å². The van der Waals surface area contributed by atoms with Gasteiger partial charge in [-0.3, -0.25) is 14.4 Å². The van der Waals surface area contributed by atoms with Gasteiger partial charge >= 0.3 is 0 Å². The average Bonchev–Trinajstić information content (AvgIpc) is 4.13. The van der Waals surface area contributed by atoms with Gasteiger partial charge in [-0.1, -0.05) is 46.8 Å². The largest absolute Gasteiger partial charge is 0.400 e. The number of aliphatic hydroxyl groups is 3. The standard InChI is InChI=1S/C16H24O4.2C16H28O4.CH4O.CH4.CH3.Pd/c1-10(2)5-6-12-15(3,20-12)14-13(18-4)11(17)7-8-16(14)9-19-16;2*1-10(2)6-7-12-16(4,20-12)14-13(19-5)11(17)8-9-15(14,3)18;1-2;;;/h5,12-14H,6-9H2,1-4H3;2*10,12-14,18H,6-9H2,1-5H3;2H,1H3;1H4;1H3;/q;;;;;-1;/t12-,13-,14?,15+,16+;12-,13-,14?,15-,16+;12-,13-,14+,15-,16+;;;;/m111..../s1. The molecule has 4 heterocycles. The van der Waals surface area contributed by atoms with E-state index in [1.165, 1.54) is 5.57 Å². The van der Waals surface area contributed by atoms with Gasteiger partial charge in [-0.2, -0.15) is 0 Å². The van der Waals surface area contributed by atoms with E-state index < -0.39 is 34.6 Å². The van der Waals surface area contributed by atoms with Gasteiger partial charge in [-0.15, -0.1) is 0 Å². The van der Waals surface area contributed by atoms with Crippen LogP contribution >= 0.6 is 0 Å². The zero-order valence-electron chi connectivity index (χ0n) is 42.2. The zero-order valence-corrected chi connectivity index (χ0v) is 43.7. The van der Waals surface area contributed by atoms with Crippen molar-refractivity contribution in [2.75, 3.05) is 35.0 Å². The number of carbonyl (C=O) groups excluding carboxylic acids is 3. The summed E-state index contributed by atoms with van der Waals surface area (Å²) in [6.07, 6.45) is 9.32. The van der Waals surface area contributed by atoms with Crippen LogP contribution in [0, 0.1) is 37.0 Å². The van der Waals surface area contributed by atoms with Gasteiger partial charge in [0, 0.05) is 68.1 Å². The molecule has 3 N–H and O–H groups in total. The summed E-state index contributed by atoms with van der Waals surface area (Å²) in [5.41, 5.74) is -1.86.